The fraction of sp³-hybridized carbons (Fsp3) is 0.105. The summed E-state index contributed by atoms with van der Waals surface area (Å²) in [6.45, 7) is -0.790. The van der Waals surface area contributed by atoms with E-state index in [0.717, 1.165) is 18.2 Å². The van der Waals surface area contributed by atoms with Gasteiger partial charge in [-0.3, -0.25) is 4.79 Å². The number of carbonyl (C=O) groups excluding carboxylic acids is 2. The van der Waals surface area contributed by atoms with Gasteiger partial charge in [-0.25, -0.2) is 9.59 Å². The number of halogens is 3. The Bertz CT molecular complexity index is 1100. The molecule has 1 N–H and O–H groups in total. The standard InChI is InChI=1S/C19H12F3NO5/c20-19(21,22)12-5-3-6-13(9-12)23-16(24)10-27-17(25)14-8-11-4-1-2-7-15(11)28-18(14)26/h1-9H,10H2,(H,23,24). The van der Waals surface area contributed by atoms with Crippen molar-refractivity contribution >= 4 is 28.5 Å². The summed E-state index contributed by atoms with van der Waals surface area (Å²) in [5, 5.41) is 2.68. The summed E-state index contributed by atoms with van der Waals surface area (Å²) < 4.78 is 47.8. The van der Waals surface area contributed by atoms with Gasteiger partial charge in [0.05, 0.1) is 5.56 Å². The number of esters is 1. The van der Waals surface area contributed by atoms with Gasteiger partial charge in [-0.2, -0.15) is 13.2 Å². The van der Waals surface area contributed by atoms with Crippen LogP contribution < -0.4 is 10.9 Å². The second-order valence-corrected chi connectivity index (χ2v) is 5.69. The summed E-state index contributed by atoms with van der Waals surface area (Å²) >= 11 is 0. The number of carbonyl (C=O) groups is 2. The second kappa shape index (κ2) is 7.55. The molecular weight excluding hydrogens is 379 g/mol. The van der Waals surface area contributed by atoms with E-state index >= 15 is 0 Å². The molecule has 0 bridgehead atoms. The smallest absolute Gasteiger partial charge is 0.416 e. The molecule has 28 heavy (non-hydrogen) atoms. The first kappa shape index (κ1) is 19.2. The normalized spacial score (nSPS) is 11.2. The SMILES string of the molecule is O=C(COC(=O)c1cc2ccccc2oc1=O)Nc1cccc(C(F)(F)F)c1. The third-order valence-electron chi connectivity index (χ3n) is 3.67. The quantitative estimate of drug-likeness (QED) is 0.543. The van der Waals surface area contributed by atoms with E-state index in [-0.39, 0.29) is 11.3 Å². The zero-order valence-electron chi connectivity index (χ0n) is 14.1. The first-order chi connectivity index (χ1) is 13.2. The third kappa shape index (κ3) is 4.37. The molecule has 1 aromatic heterocycles. The summed E-state index contributed by atoms with van der Waals surface area (Å²) in [7, 11) is 0. The minimum atomic E-state index is -4.56. The molecule has 0 unspecified atom stereocenters. The minimum Gasteiger partial charge on any atom is -0.452 e. The monoisotopic (exact) mass is 391 g/mol. The molecule has 0 radical (unpaired) electrons. The Morgan fingerprint density at radius 3 is 2.54 bits per heavy atom. The molecule has 9 heteroatoms. The number of amides is 1. The Morgan fingerprint density at radius 1 is 1.04 bits per heavy atom. The van der Waals surface area contributed by atoms with Crippen LogP contribution in [0.15, 0.2) is 63.8 Å². The highest BCUT2D eigenvalue weighted by Crippen LogP contribution is 2.30. The predicted molar refractivity (Wildman–Crippen MR) is 92.8 cm³/mol. The van der Waals surface area contributed by atoms with E-state index in [1.807, 2.05) is 0 Å². The minimum absolute atomic E-state index is 0.110. The molecule has 0 saturated heterocycles. The van der Waals surface area contributed by atoms with Gasteiger partial charge < -0.3 is 14.5 Å². The lowest BCUT2D eigenvalue weighted by atomic mass is 10.2. The summed E-state index contributed by atoms with van der Waals surface area (Å²) in [4.78, 5) is 35.7. The maximum absolute atomic E-state index is 12.7. The average molecular weight is 391 g/mol. The molecule has 1 amide bonds. The van der Waals surface area contributed by atoms with Crippen molar-refractivity contribution in [2.45, 2.75) is 6.18 Å². The van der Waals surface area contributed by atoms with Crippen LogP contribution in [0.4, 0.5) is 18.9 Å². The molecule has 2 aromatic carbocycles. The number of para-hydroxylation sites is 1. The third-order valence-corrected chi connectivity index (χ3v) is 3.67. The van der Waals surface area contributed by atoms with Gasteiger partial charge in [-0.1, -0.05) is 24.3 Å². The Hall–Kier alpha value is -3.62. The zero-order chi connectivity index (χ0) is 20.3. The largest absolute Gasteiger partial charge is 0.452 e. The van der Waals surface area contributed by atoms with Crippen molar-refractivity contribution in [3.63, 3.8) is 0 Å². The number of alkyl halides is 3. The van der Waals surface area contributed by atoms with Gasteiger partial charge in [-0.05, 0) is 30.3 Å². The van der Waals surface area contributed by atoms with E-state index in [9.17, 15) is 27.6 Å². The molecule has 6 nitrogen and oxygen atoms in total. The number of rotatable bonds is 4. The van der Waals surface area contributed by atoms with Crippen LogP contribution in [-0.2, 0) is 15.7 Å². The molecule has 0 atom stereocenters. The zero-order valence-corrected chi connectivity index (χ0v) is 14.1. The molecule has 0 aliphatic heterocycles. The molecular formula is C19H12F3NO5. The summed E-state index contributed by atoms with van der Waals surface area (Å²) in [6, 6.07) is 11.8. The van der Waals surface area contributed by atoms with Crippen LogP contribution in [0.25, 0.3) is 11.0 Å². The van der Waals surface area contributed by atoms with Crippen molar-refractivity contribution in [1.29, 1.82) is 0 Å². The van der Waals surface area contributed by atoms with Crippen molar-refractivity contribution in [2.24, 2.45) is 0 Å². The highest BCUT2D eigenvalue weighted by Gasteiger charge is 2.30. The lowest BCUT2D eigenvalue weighted by Crippen LogP contribution is -2.23. The summed E-state index contributed by atoms with van der Waals surface area (Å²) in [5.41, 5.74) is -2.09. The second-order valence-electron chi connectivity index (χ2n) is 5.69. The van der Waals surface area contributed by atoms with Crippen LogP contribution in [-0.4, -0.2) is 18.5 Å². The van der Waals surface area contributed by atoms with E-state index < -0.39 is 41.4 Å². The number of benzene rings is 2. The lowest BCUT2D eigenvalue weighted by Gasteiger charge is -2.10. The number of hydrogen-bond acceptors (Lipinski definition) is 5. The van der Waals surface area contributed by atoms with E-state index in [1.54, 1.807) is 24.3 Å². The van der Waals surface area contributed by atoms with E-state index in [2.05, 4.69) is 5.32 Å². The first-order valence-electron chi connectivity index (χ1n) is 7.91. The highest BCUT2D eigenvalue weighted by molar-refractivity contribution is 5.96. The van der Waals surface area contributed by atoms with Crippen molar-refractivity contribution < 1.29 is 31.9 Å². The lowest BCUT2D eigenvalue weighted by molar-refractivity contribution is -0.137. The molecule has 0 spiro atoms. The fourth-order valence-electron chi connectivity index (χ4n) is 2.38. The van der Waals surface area contributed by atoms with E-state index in [1.165, 1.54) is 12.1 Å². The van der Waals surface area contributed by atoms with Crippen LogP contribution in [0.2, 0.25) is 0 Å². The van der Waals surface area contributed by atoms with Crippen molar-refractivity contribution in [1.82, 2.24) is 0 Å². The van der Waals surface area contributed by atoms with Crippen LogP contribution in [0, 0.1) is 0 Å². The van der Waals surface area contributed by atoms with Gasteiger partial charge in [0.25, 0.3) is 5.91 Å². The molecule has 3 rings (SSSR count). The topological polar surface area (TPSA) is 85.6 Å². The maximum atomic E-state index is 12.7. The Kier molecular flexibility index (Phi) is 5.16. The van der Waals surface area contributed by atoms with Crippen molar-refractivity contribution in [2.75, 3.05) is 11.9 Å². The van der Waals surface area contributed by atoms with Gasteiger partial charge in [0.2, 0.25) is 0 Å². The van der Waals surface area contributed by atoms with Gasteiger partial charge in [0.1, 0.15) is 11.1 Å². The Labute approximate surface area is 155 Å². The van der Waals surface area contributed by atoms with E-state index in [4.69, 9.17) is 9.15 Å². The number of nitrogens with one attached hydrogen (secondary N) is 1. The van der Waals surface area contributed by atoms with Crippen molar-refractivity contribution in [3.8, 4) is 0 Å². The van der Waals surface area contributed by atoms with Crippen molar-refractivity contribution in [3.05, 3.63) is 76.1 Å². The fourth-order valence-corrected chi connectivity index (χ4v) is 2.38. The van der Waals surface area contributed by atoms with Gasteiger partial charge in [0, 0.05) is 11.1 Å². The number of hydrogen-bond donors (Lipinski definition) is 1. The van der Waals surface area contributed by atoms with Crippen LogP contribution in [0.5, 0.6) is 0 Å². The number of anilines is 1. The number of ether oxygens (including phenoxy) is 1. The molecule has 3 aromatic rings. The Balaban J connectivity index is 1.66. The van der Waals surface area contributed by atoms with E-state index in [0.29, 0.717) is 5.39 Å². The van der Waals surface area contributed by atoms with Crippen LogP contribution >= 0.6 is 0 Å². The van der Waals surface area contributed by atoms with Gasteiger partial charge in [0.15, 0.2) is 6.61 Å². The average Bonchev–Trinajstić information content (AvgIpc) is 2.65. The molecule has 0 aliphatic rings. The highest BCUT2D eigenvalue weighted by atomic mass is 19.4. The first-order valence-corrected chi connectivity index (χ1v) is 7.91. The molecule has 1 heterocycles. The molecule has 0 aliphatic carbocycles. The summed E-state index contributed by atoms with van der Waals surface area (Å²) in [5.74, 6) is -1.95. The van der Waals surface area contributed by atoms with Gasteiger partial charge in [-0.15, -0.1) is 0 Å². The van der Waals surface area contributed by atoms with Crippen LogP contribution in [0.3, 0.4) is 0 Å². The molecule has 0 saturated carbocycles. The predicted octanol–water partition coefficient (Wildman–Crippen LogP) is 3.61. The van der Waals surface area contributed by atoms with Crippen LogP contribution in [0.1, 0.15) is 15.9 Å². The number of fused-ring (bicyclic) bond motifs is 1. The molecule has 0 fully saturated rings. The summed E-state index contributed by atoms with van der Waals surface area (Å²) in [6.07, 6.45) is -4.56. The maximum Gasteiger partial charge on any atom is 0.416 e. The van der Waals surface area contributed by atoms with Gasteiger partial charge >= 0.3 is 17.8 Å². The molecule has 144 valence electrons. The Morgan fingerprint density at radius 2 is 1.79 bits per heavy atom.